The summed E-state index contributed by atoms with van der Waals surface area (Å²) in [6.45, 7) is 2.57. The van der Waals surface area contributed by atoms with E-state index in [4.69, 9.17) is 44.3 Å². The Kier molecular flexibility index (Phi) is 47.0. The van der Waals surface area contributed by atoms with Crippen molar-refractivity contribution in [2.24, 2.45) is 34.8 Å². The van der Waals surface area contributed by atoms with Crippen molar-refractivity contribution in [1.82, 2.24) is 90.4 Å². The van der Waals surface area contributed by atoms with Crippen LogP contribution in [0.5, 0.6) is 0 Å². The maximum atomic E-state index is 14.5. The highest BCUT2D eigenvalue weighted by molar-refractivity contribution is 7.80. The molecule has 0 saturated carbocycles. The van der Waals surface area contributed by atoms with E-state index in [2.05, 4.69) is 116 Å². The van der Waals surface area contributed by atoms with Gasteiger partial charge in [0.2, 0.25) is 82.7 Å². The van der Waals surface area contributed by atoms with Crippen LogP contribution in [0.4, 0.5) is 0 Å². The van der Waals surface area contributed by atoms with Crippen molar-refractivity contribution in [2.75, 3.05) is 64.0 Å². The number of carbonyl (C=O) groups is 16. The van der Waals surface area contributed by atoms with E-state index >= 15 is 0 Å². The van der Waals surface area contributed by atoms with Crippen LogP contribution in [0.3, 0.4) is 0 Å². The highest BCUT2D eigenvalue weighted by Gasteiger charge is 2.38. The predicted molar refractivity (Wildman–Crippen MR) is 425 cm³/mol. The summed E-state index contributed by atoms with van der Waals surface area (Å²) in [6, 6.07) is -0.942. The van der Waals surface area contributed by atoms with Crippen LogP contribution in [-0.2, 0) is 89.6 Å². The van der Waals surface area contributed by atoms with Gasteiger partial charge in [-0.3, -0.25) is 88.1 Å². The molecule has 638 valence electrons. The van der Waals surface area contributed by atoms with Crippen LogP contribution >= 0.6 is 25.3 Å². The second-order valence-corrected chi connectivity index (χ2v) is 27.3. The lowest BCUT2D eigenvalue weighted by molar-refractivity contribution is -0.142. The molecule has 0 saturated heterocycles. The third-order valence-corrected chi connectivity index (χ3v) is 18.2. The molecule has 0 spiro atoms. The number of rotatable bonds is 55. The van der Waals surface area contributed by atoms with Crippen LogP contribution < -0.4 is 113 Å². The van der Waals surface area contributed by atoms with E-state index in [1.54, 1.807) is 81.4 Å². The minimum atomic E-state index is -1.98. The van der Waals surface area contributed by atoms with Gasteiger partial charge in [0, 0.05) is 44.0 Å². The van der Waals surface area contributed by atoms with Gasteiger partial charge in [0.05, 0.1) is 45.3 Å². The Morgan fingerprint density at radius 1 is 0.409 bits per heavy atom. The third kappa shape index (κ3) is 39.2. The van der Waals surface area contributed by atoms with Gasteiger partial charge in [-0.25, -0.2) is 0 Å². The van der Waals surface area contributed by atoms with E-state index in [-0.39, 0.29) is 94.9 Å². The number of thiol groups is 2. The number of aliphatic hydroxyl groups is 2. The average Bonchev–Trinajstić information content (AvgIpc) is 0.845. The Bertz CT molecular complexity index is 3620. The van der Waals surface area contributed by atoms with Gasteiger partial charge < -0.3 is 133 Å². The van der Waals surface area contributed by atoms with E-state index in [1.165, 1.54) is 6.92 Å². The largest absolute Gasteiger partial charge is 0.481 e. The van der Waals surface area contributed by atoms with Gasteiger partial charge in [-0.1, -0.05) is 101 Å². The lowest BCUT2D eigenvalue weighted by Gasteiger charge is -2.30. The van der Waals surface area contributed by atoms with Crippen molar-refractivity contribution in [3.8, 4) is 0 Å². The van der Waals surface area contributed by atoms with Gasteiger partial charge in [-0.05, 0) is 61.5 Å². The number of guanidine groups is 3. The molecule has 0 bridgehead atoms. The fraction of sp³-hybridized carbons (Fsp3) is 0.557. The molecule has 0 heterocycles. The monoisotopic (exact) mass is 1660 g/mol. The van der Waals surface area contributed by atoms with Gasteiger partial charge in [-0.2, -0.15) is 25.3 Å². The Hall–Kier alpha value is -11.5. The second-order valence-electron chi connectivity index (χ2n) is 26.6. The van der Waals surface area contributed by atoms with Crippen molar-refractivity contribution in [3.05, 3.63) is 71.8 Å². The Balaban J connectivity index is 2.36. The first kappa shape index (κ1) is 99.6. The lowest BCUT2D eigenvalue weighted by Crippen LogP contribution is -2.62. The summed E-state index contributed by atoms with van der Waals surface area (Å²) in [7, 11) is 0. The molecule has 115 heavy (non-hydrogen) atoms. The van der Waals surface area contributed by atoms with Crippen molar-refractivity contribution >= 4 is 138 Å². The standard InChI is InChI=1S/C70H112N24O19S2/c1-5-37(3)55(93-60(106)43(21-14-24-79-69(74)75)85-52(99)30-81-51(98)29-82-58(104)45(26-39-16-9-7-10-17-39)86-53(100)31-83-59(105)49(35-114)91-64(110)48(34-97)90-57(103)42(71)33-96)66(112)89-47(28-54(101)102)63(109)87-44(22-15-25-80-70(76)77)61(107)94-56(38(4)6-2)67(113)92-50(36-115)65(111)88-46(27-40-18-11-8-12-19-40)62(108)84-41(32-95)20-13-23-78-68(72)73/h7-12,16-19,32,37-38,41-50,55-56,96-97,114-115H,5-6,13-15,20-31,33-36,71H2,1-4H3,(H,81,98)(H,82,104)(H,83,105)(H,84,108)(H,85,99)(H,86,100)(H,87,109)(H,88,111)(H,89,112)(H,90,103)(H,91,110)(H,92,113)(H,93,106)(H,94,107)(H,101,102)(H4,72,73,78)(H4,74,75,79)(H4,76,77,80)/t37-,38-,41-,42-,43-,44-,45-,46-,47-,48-,49-,50+,55-,56-/m0/s1. The van der Waals surface area contributed by atoms with Gasteiger partial charge in [-0.15, -0.1) is 0 Å². The summed E-state index contributed by atoms with van der Waals surface area (Å²) in [6.07, 6.45) is -0.354. The number of carboxylic acids is 1. The van der Waals surface area contributed by atoms with Crippen LogP contribution in [0.25, 0.3) is 0 Å². The van der Waals surface area contributed by atoms with Crippen molar-refractivity contribution < 1.29 is 92.0 Å². The summed E-state index contributed by atoms with van der Waals surface area (Å²) in [4.78, 5) is 216. The highest BCUT2D eigenvalue weighted by atomic mass is 32.1. The van der Waals surface area contributed by atoms with Gasteiger partial charge in [0.15, 0.2) is 17.9 Å². The van der Waals surface area contributed by atoms with Crippen LogP contribution in [0.15, 0.2) is 60.7 Å². The number of carbonyl (C=O) groups excluding carboxylic acids is 15. The van der Waals surface area contributed by atoms with Crippen molar-refractivity contribution in [3.63, 3.8) is 0 Å². The third-order valence-electron chi connectivity index (χ3n) is 17.5. The van der Waals surface area contributed by atoms with Crippen LogP contribution in [0.2, 0.25) is 0 Å². The molecule has 0 radical (unpaired) electrons. The lowest BCUT2D eigenvalue weighted by atomic mass is 9.96. The first-order chi connectivity index (χ1) is 54.5. The number of aliphatic hydroxyl groups excluding tert-OH is 2. The molecule has 43 nitrogen and oxygen atoms in total. The van der Waals surface area contributed by atoms with E-state index < -0.39 is 224 Å². The molecule has 0 aliphatic heterocycles. The molecule has 2 aromatic rings. The first-order valence-corrected chi connectivity index (χ1v) is 38.1. The quantitative estimate of drug-likeness (QED) is 0.00961. The number of aliphatic carboxylic acids is 1. The number of nitrogens with one attached hydrogen (secondary N) is 20. The van der Waals surface area contributed by atoms with Crippen molar-refractivity contribution in [2.45, 2.75) is 171 Å². The first-order valence-electron chi connectivity index (χ1n) is 36.9. The molecule has 0 aliphatic rings. The Morgan fingerprint density at radius 2 is 0.757 bits per heavy atom. The Morgan fingerprint density at radius 3 is 1.19 bits per heavy atom. The molecule has 31 N–H and O–H groups in total. The fourth-order valence-electron chi connectivity index (χ4n) is 10.6. The molecule has 2 rings (SSSR count). The molecule has 0 aliphatic carbocycles. The normalized spacial score (nSPS) is 14.5. The predicted octanol–water partition coefficient (Wildman–Crippen LogP) is -9.12. The molecule has 14 amide bonds. The van der Waals surface area contributed by atoms with E-state index in [9.17, 15) is 86.9 Å². The minimum absolute atomic E-state index is 0.00166. The topological polar surface area (TPSA) is 714 Å². The maximum Gasteiger partial charge on any atom is 0.305 e. The molecular formula is C70H112N24O19S2. The fourth-order valence-corrected chi connectivity index (χ4v) is 11.1. The van der Waals surface area contributed by atoms with Crippen molar-refractivity contribution in [1.29, 1.82) is 16.2 Å². The smallest absolute Gasteiger partial charge is 0.305 e. The molecule has 0 aromatic heterocycles. The van der Waals surface area contributed by atoms with E-state index in [0.717, 1.165) is 0 Å². The number of amides is 14. The summed E-state index contributed by atoms with van der Waals surface area (Å²) in [5.41, 5.74) is 22.9. The number of aldehydes is 1. The number of benzene rings is 2. The molecule has 2 aromatic carbocycles. The number of hydrogen-bond acceptors (Lipinski definition) is 24. The molecule has 0 fully saturated rings. The number of nitrogens with two attached hydrogens (primary N) is 4. The molecular weight excluding hydrogens is 1550 g/mol. The zero-order valence-electron chi connectivity index (χ0n) is 64.4. The zero-order valence-corrected chi connectivity index (χ0v) is 66.1. The highest BCUT2D eigenvalue weighted by Crippen LogP contribution is 2.15. The summed E-state index contributed by atoms with van der Waals surface area (Å²) >= 11 is 8.37. The molecule has 14 atom stereocenters. The molecule has 0 unspecified atom stereocenters. The van der Waals surface area contributed by atoms with Gasteiger partial charge >= 0.3 is 5.97 Å². The van der Waals surface area contributed by atoms with Crippen LogP contribution in [0.1, 0.15) is 96.6 Å². The van der Waals surface area contributed by atoms with Gasteiger partial charge in [0.1, 0.15) is 72.7 Å². The zero-order chi connectivity index (χ0) is 86.3. The van der Waals surface area contributed by atoms with E-state index in [1.807, 2.05) is 0 Å². The summed E-state index contributed by atoms with van der Waals surface area (Å²) < 4.78 is 0. The average molecular weight is 1660 g/mol. The number of hydrogen-bond donors (Lipinski definition) is 29. The van der Waals surface area contributed by atoms with Gasteiger partial charge in [0.25, 0.3) is 0 Å². The van der Waals surface area contributed by atoms with E-state index in [0.29, 0.717) is 23.8 Å². The SMILES string of the molecule is CC[C@H](C)[C@H](NC(=O)[C@H](CCCNC(=N)N)NC(=O)CNC(=O)CNC(=O)[C@H](Cc1ccccc1)NC(=O)CNC(=O)[C@H](CS)NC(=O)[C@H](CO)NC(=O)[C@@H](N)CO)C(=O)N[C@@H](CC(=O)O)C(=O)N[C@@H](CCCNC(=N)N)C(=O)N[C@H](C(=O)N[C@H](CS)C(=O)N[C@@H](Cc1ccccc1)C(=O)N[C@H](C=O)CCCNC(=N)N)[C@@H](C)CC. The number of carboxylic acid groups (broad SMARTS) is 1. The van der Waals surface area contributed by atoms with Crippen LogP contribution in [-0.4, -0.2) is 265 Å². The minimum Gasteiger partial charge on any atom is -0.481 e. The summed E-state index contributed by atoms with van der Waals surface area (Å²) in [5.74, 6) is -18.6. The molecule has 45 heteroatoms. The van der Waals surface area contributed by atoms with Crippen LogP contribution in [0, 0.1) is 28.1 Å². The maximum absolute atomic E-state index is 14.5. The Labute approximate surface area is 675 Å². The summed E-state index contributed by atoms with van der Waals surface area (Å²) in [5, 5.41) is 93.2. The second kappa shape index (κ2) is 54.3.